The van der Waals surface area contributed by atoms with Crippen molar-refractivity contribution in [2.45, 2.75) is 32.5 Å². The number of hydrogen-bond donors (Lipinski definition) is 1. The molecule has 1 amide bonds. The second-order valence-corrected chi connectivity index (χ2v) is 9.75. The summed E-state index contributed by atoms with van der Waals surface area (Å²) in [5.74, 6) is 1.15. The molecule has 9 heteroatoms. The largest absolute Gasteiger partial charge is 0.484 e. The number of para-hydroxylation sites is 1. The highest BCUT2D eigenvalue weighted by atomic mass is 35.5. The Morgan fingerprint density at radius 1 is 1.00 bits per heavy atom. The van der Waals surface area contributed by atoms with E-state index in [1.807, 2.05) is 67.8 Å². The number of amides is 1. The summed E-state index contributed by atoms with van der Waals surface area (Å²) >= 11 is 13.6. The van der Waals surface area contributed by atoms with Gasteiger partial charge in [-0.25, -0.2) is 0 Å². The van der Waals surface area contributed by atoms with Crippen LogP contribution in [0.2, 0.25) is 10.0 Å². The van der Waals surface area contributed by atoms with E-state index in [1.165, 1.54) is 11.8 Å². The molecule has 0 saturated heterocycles. The van der Waals surface area contributed by atoms with E-state index in [0.29, 0.717) is 26.8 Å². The van der Waals surface area contributed by atoms with E-state index in [4.69, 9.17) is 27.9 Å². The molecule has 35 heavy (non-hydrogen) atoms. The minimum Gasteiger partial charge on any atom is -0.484 e. The summed E-state index contributed by atoms with van der Waals surface area (Å²) in [7, 11) is 0. The minimum absolute atomic E-state index is 0.117. The lowest BCUT2D eigenvalue weighted by Gasteiger charge is -2.14. The van der Waals surface area contributed by atoms with Gasteiger partial charge in [0.15, 0.2) is 11.0 Å². The Kier molecular flexibility index (Phi) is 8.00. The van der Waals surface area contributed by atoms with Gasteiger partial charge in [0.05, 0.1) is 16.5 Å². The molecule has 0 spiro atoms. The van der Waals surface area contributed by atoms with Crippen molar-refractivity contribution in [2.24, 2.45) is 0 Å². The molecular weight excluding hydrogens is 503 g/mol. The summed E-state index contributed by atoms with van der Waals surface area (Å²) in [6, 6.07) is 18.8. The Morgan fingerprint density at radius 2 is 1.77 bits per heavy atom. The molecule has 0 atom stereocenters. The number of halogens is 2. The van der Waals surface area contributed by atoms with Crippen LogP contribution in [0.4, 0.5) is 5.69 Å². The van der Waals surface area contributed by atoms with Crippen LogP contribution >= 0.6 is 35.0 Å². The van der Waals surface area contributed by atoms with Crippen LogP contribution in [0.25, 0.3) is 5.69 Å². The zero-order chi connectivity index (χ0) is 24.9. The molecule has 4 rings (SSSR count). The monoisotopic (exact) mass is 526 g/mol. The highest BCUT2D eigenvalue weighted by molar-refractivity contribution is 7.99. The lowest BCUT2D eigenvalue weighted by atomic mass is 10.1. The van der Waals surface area contributed by atoms with Gasteiger partial charge in [0, 0.05) is 10.7 Å². The summed E-state index contributed by atoms with van der Waals surface area (Å²) in [5, 5.41) is 13.2. The maximum atomic E-state index is 12.7. The Hall–Kier alpha value is -3.00. The van der Waals surface area contributed by atoms with Gasteiger partial charge in [-0.3, -0.25) is 9.36 Å². The summed E-state index contributed by atoms with van der Waals surface area (Å²) < 4.78 is 7.83. The summed E-state index contributed by atoms with van der Waals surface area (Å²) in [6.07, 6.45) is 0. The zero-order valence-corrected chi connectivity index (χ0v) is 21.8. The van der Waals surface area contributed by atoms with Crippen molar-refractivity contribution in [3.8, 4) is 11.4 Å². The molecule has 4 aromatic rings. The standard InChI is InChI=1S/C26H24Cl2N4O2S/c1-16-8-6-9-21(18(16)3)29-25(33)15-35-26-31-30-24(32(26)22-10-5-4-7-17(22)2)14-34-23-12-11-19(27)13-20(23)28/h4-13H,14-15H2,1-3H3,(H,29,33). The van der Waals surface area contributed by atoms with E-state index in [2.05, 4.69) is 15.5 Å². The van der Waals surface area contributed by atoms with Gasteiger partial charge in [-0.1, -0.05) is 65.3 Å². The summed E-state index contributed by atoms with van der Waals surface area (Å²) in [5.41, 5.74) is 4.94. The first-order chi connectivity index (χ1) is 16.8. The lowest BCUT2D eigenvalue weighted by molar-refractivity contribution is -0.113. The van der Waals surface area contributed by atoms with Crippen molar-refractivity contribution in [2.75, 3.05) is 11.1 Å². The molecule has 1 aromatic heterocycles. The molecule has 0 unspecified atom stereocenters. The zero-order valence-electron chi connectivity index (χ0n) is 19.5. The van der Waals surface area contributed by atoms with Crippen molar-refractivity contribution < 1.29 is 9.53 Å². The molecule has 0 bridgehead atoms. The van der Waals surface area contributed by atoms with Gasteiger partial charge in [-0.2, -0.15) is 0 Å². The number of ether oxygens (including phenoxy) is 1. The summed E-state index contributed by atoms with van der Waals surface area (Å²) in [6.45, 7) is 6.16. The quantitative estimate of drug-likeness (QED) is 0.255. The van der Waals surface area contributed by atoms with Gasteiger partial charge in [0.2, 0.25) is 5.91 Å². The predicted octanol–water partition coefficient (Wildman–Crippen LogP) is 6.81. The van der Waals surface area contributed by atoms with Crippen molar-refractivity contribution in [1.82, 2.24) is 14.8 Å². The first kappa shape index (κ1) is 25.1. The van der Waals surface area contributed by atoms with Crippen LogP contribution in [0, 0.1) is 20.8 Å². The van der Waals surface area contributed by atoms with Crippen LogP contribution in [0.15, 0.2) is 65.8 Å². The minimum atomic E-state index is -0.117. The van der Waals surface area contributed by atoms with Crippen molar-refractivity contribution in [3.05, 3.63) is 93.2 Å². The van der Waals surface area contributed by atoms with Crippen LogP contribution in [0.1, 0.15) is 22.5 Å². The summed E-state index contributed by atoms with van der Waals surface area (Å²) in [4.78, 5) is 12.7. The molecule has 0 radical (unpaired) electrons. The van der Waals surface area contributed by atoms with Gasteiger partial charge in [-0.15, -0.1) is 10.2 Å². The number of thioether (sulfide) groups is 1. The molecule has 0 aliphatic heterocycles. The van der Waals surface area contributed by atoms with Crippen molar-refractivity contribution in [3.63, 3.8) is 0 Å². The number of rotatable bonds is 8. The second-order valence-electron chi connectivity index (χ2n) is 7.97. The van der Waals surface area contributed by atoms with Crippen LogP contribution in [0.3, 0.4) is 0 Å². The number of aromatic nitrogens is 3. The first-order valence-electron chi connectivity index (χ1n) is 10.9. The fourth-order valence-electron chi connectivity index (χ4n) is 3.48. The van der Waals surface area contributed by atoms with Gasteiger partial charge < -0.3 is 10.1 Å². The number of aryl methyl sites for hydroxylation is 2. The maximum absolute atomic E-state index is 12.7. The molecule has 3 aromatic carbocycles. The highest BCUT2D eigenvalue weighted by Gasteiger charge is 2.18. The fraction of sp³-hybridized carbons (Fsp3) is 0.192. The van der Waals surface area contributed by atoms with Crippen LogP contribution in [0.5, 0.6) is 5.75 Å². The molecular formula is C26H24Cl2N4O2S. The predicted molar refractivity (Wildman–Crippen MR) is 142 cm³/mol. The van der Waals surface area contributed by atoms with Gasteiger partial charge in [0.25, 0.3) is 0 Å². The molecule has 0 aliphatic rings. The van der Waals surface area contributed by atoms with Crippen molar-refractivity contribution in [1.29, 1.82) is 0 Å². The van der Waals surface area contributed by atoms with E-state index < -0.39 is 0 Å². The molecule has 0 saturated carbocycles. The normalized spacial score (nSPS) is 10.9. The molecule has 180 valence electrons. The third-order valence-electron chi connectivity index (χ3n) is 5.52. The highest BCUT2D eigenvalue weighted by Crippen LogP contribution is 2.30. The van der Waals surface area contributed by atoms with Crippen LogP contribution in [-0.2, 0) is 11.4 Å². The van der Waals surface area contributed by atoms with Gasteiger partial charge in [0.1, 0.15) is 12.4 Å². The number of nitrogens with one attached hydrogen (secondary N) is 1. The molecule has 0 fully saturated rings. The Labute approximate surface area is 218 Å². The third-order valence-corrected chi connectivity index (χ3v) is 6.98. The average Bonchev–Trinajstić information content (AvgIpc) is 3.23. The molecule has 0 aliphatic carbocycles. The number of carbonyl (C=O) groups excluding carboxylic acids is 1. The number of carbonyl (C=O) groups is 1. The first-order valence-corrected chi connectivity index (χ1v) is 12.6. The van der Waals surface area contributed by atoms with Crippen LogP contribution < -0.4 is 10.1 Å². The topological polar surface area (TPSA) is 69.0 Å². The van der Waals surface area contributed by atoms with E-state index in [-0.39, 0.29) is 18.3 Å². The number of hydrogen-bond acceptors (Lipinski definition) is 5. The van der Waals surface area contributed by atoms with E-state index in [1.54, 1.807) is 18.2 Å². The molecule has 6 nitrogen and oxygen atoms in total. The lowest BCUT2D eigenvalue weighted by Crippen LogP contribution is -2.16. The van der Waals surface area contributed by atoms with Crippen molar-refractivity contribution >= 4 is 46.6 Å². The van der Waals surface area contributed by atoms with Crippen LogP contribution in [-0.4, -0.2) is 26.4 Å². The maximum Gasteiger partial charge on any atom is 0.234 e. The van der Waals surface area contributed by atoms with E-state index >= 15 is 0 Å². The smallest absolute Gasteiger partial charge is 0.234 e. The fourth-order valence-corrected chi connectivity index (χ4v) is 4.71. The number of benzene rings is 3. The Balaban J connectivity index is 1.55. The van der Waals surface area contributed by atoms with E-state index in [9.17, 15) is 4.79 Å². The third kappa shape index (κ3) is 5.99. The van der Waals surface area contributed by atoms with Gasteiger partial charge in [-0.05, 0) is 67.8 Å². The SMILES string of the molecule is Cc1ccccc1-n1c(COc2ccc(Cl)cc2Cl)nnc1SCC(=O)Nc1cccc(C)c1C. The number of anilines is 1. The molecule has 1 heterocycles. The average molecular weight is 527 g/mol. The molecule has 1 N–H and O–H groups in total. The van der Waals surface area contributed by atoms with E-state index in [0.717, 1.165) is 28.1 Å². The Morgan fingerprint density at radius 3 is 2.54 bits per heavy atom. The van der Waals surface area contributed by atoms with Gasteiger partial charge >= 0.3 is 0 Å². The Bertz CT molecular complexity index is 1370. The second kappa shape index (κ2) is 11.2. The number of nitrogens with zero attached hydrogens (tertiary/aromatic N) is 3.